The second-order valence-corrected chi connectivity index (χ2v) is 9.20. The van der Waals surface area contributed by atoms with Crippen molar-refractivity contribution < 1.29 is 14.3 Å². The van der Waals surface area contributed by atoms with E-state index in [0.29, 0.717) is 25.3 Å². The first-order valence-corrected chi connectivity index (χ1v) is 12.2. The van der Waals surface area contributed by atoms with Crippen LogP contribution in [0.1, 0.15) is 29.2 Å². The monoisotopic (exact) mass is 522 g/mol. The fourth-order valence-electron chi connectivity index (χ4n) is 3.71. The number of benzene rings is 3. The molecule has 0 heterocycles. The molecule has 6 heteroatoms. The summed E-state index contributed by atoms with van der Waals surface area (Å²) in [6, 6.07) is 22.6. The molecule has 0 aliphatic rings. The van der Waals surface area contributed by atoms with Crippen LogP contribution in [0.25, 0.3) is 0 Å². The van der Waals surface area contributed by atoms with Gasteiger partial charge >= 0.3 is 0 Å². The zero-order valence-electron chi connectivity index (χ0n) is 19.9. The number of aryl methyl sites for hydroxylation is 2. The molecular formula is C28H31BrN2O3. The molecule has 0 bridgehead atoms. The molecule has 0 saturated carbocycles. The van der Waals surface area contributed by atoms with Gasteiger partial charge < -0.3 is 15.0 Å². The Kier molecular flexibility index (Phi) is 9.28. The van der Waals surface area contributed by atoms with Gasteiger partial charge in [-0.05, 0) is 67.3 Å². The van der Waals surface area contributed by atoms with E-state index in [9.17, 15) is 9.59 Å². The molecule has 0 aromatic heterocycles. The summed E-state index contributed by atoms with van der Waals surface area (Å²) in [5.41, 5.74) is 4.17. The summed E-state index contributed by atoms with van der Waals surface area (Å²) in [5.74, 6) is 0.211. The molecule has 2 amide bonds. The number of rotatable bonds is 10. The van der Waals surface area contributed by atoms with Gasteiger partial charge in [0.05, 0.1) is 0 Å². The third-order valence-electron chi connectivity index (χ3n) is 5.70. The van der Waals surface area contributed by atoms with Gasteiger partial charge in [0.25, 0.3) is 5.91 Å². The zero-order chi connectivity index (χ0) is 24.5. The van der Waals surface area contributed by atoms with E-state index >= 15 is 0 Å². The quantitative estimate of drug-likeness (QED) is 0.397. The summed E-state index contributed by atoms with van der Waals surface area (Å²) >= 11 is 3.50. The van der Waals surface area contributed by atoms with E-state index in [4.69, 9.17) is 4.74 Å². The number of likely N-dealkylation sites (N-methyl/N-ethyl adjacent to an activating group) is 1. The highest BCUT2D eigenvalue weighted by Crippen LogP contribution is 2.20. The van der Waals surface area contributed by atoms with Crippen molar-refractivity contribution in [1.82, 2.24) is 10.2 Å². The lowest BCUT2D eigenvalue weighted by molar-refractivity contribution is -0.142. The molecule has 0 radical (unpaired) electrons. The summed E-state index contributed by atoms with van der Waals surface area (Å²) in [6.45, 7) is 6.55. The minimum absolute atomic E-state index is 0.152. The second kappa shape index (κ2) is 12.4. The van der Waals surface area contributed by atoms with E-state index in [1.165, 1.54) is 0 Å². The third kappa shape index (κ3) is 7.19. The van der Waals surface area contributed by atoms with Crippen molar-refractivity contribution in [2.24, 2.45) is 0 Å². The highest BCUT2D eigenvalue weighted by atomic mass is 79.9. The van der Waals surface area contributed by atoms with Crippen LogP contribution in [0, 0.1) is 13.8 Å². The molecule has 34 heavy (non-hydrogen) atoms. The Hall–Kier alpha value is -3.12. The van der Waals surface area contributed by atoms with E-state index < -0.39 is 6.04 Å². The molecule has 1 atom stereocenters. The molecule has 0 spiro atoms. The SMILES string of the molecule is CCNC(=O)[C@@H](Cc1ccccc1)N(Cc1cccc(Br)c1)C(=O)COc1ccc(C)c(C)c1. The van der Waals surface area contributed by atoms with Gasteiger partial charge in [-0.2, -0.15) is 0 Å². The summed E-state index contributed by atoms with van der Waals surface area (Å²) in [7, 11) is 0. The molecule has 0 aliphatic carbocycles. The fraction of sp³-hybridized carbons (Fsp3) is 0.286. The Morgan fingerprint density at radius 1 is 0.941 bits per heavy atom. The topological polar surface area (TPSA) is 58.6 Å². The predicted octanol–water partition coefficient (Wildman–Crippen LogP) is 5.22. The molecule has 3 aromatic carbocycles. The van der Waals surface area contributed by atoms with Crippen LogP contribution in [0.5, 0.6) is 5.75 Å². The smallest absolute Gasteiger partial charge is 0.261 e. The largest absolute Gasteiger partial charge is 0.484 e. The van der Waals surface area contributed by atoms with Gasteiger partial charge in [0.1, 0.15) is 11.8 Å². The standard InChI is InChI=1S/C28H31BrN2O3/c1-4-30-28(33)26(17-22-9-6-5-7-10-22)31(18-23-11-8-12-24(29)16-23)27(32)19-34-25-14-13-20(2)21(3)15-25/h5-16,26H,4,17-19H2,1-3H3,(H,30,33)/t26-/m1/s1. The second-order valence-electron chi connectivity index (χ2n) is 8.29. The first kappa shape index (κ1) is 25.5. The number of nitrogens with one attached hydrogen (secondary N) is 1. The summed E-state index contributed by atoms with van der Waals surface area (Å²) in [6.07, 6.45) is 0.413. The number of carbonyl (C=O) groups excluding carboxylic acids is 2. The van der Waals surface area contributed by atoms with Crippen LogP contribution in [-0.2, 0) is 22.6 Å². The van der Waals surface area contributed by atoms with Gasteiger partial charge in [0.2, 0.25) is 5.91 Å². The third-order valence-corrected chi connectivity index (χ3v) is 6.20. The molecule has 0 unspecified atom stereocenters. The van der Waals surface area contributed by atoms with Gasteiger partial charge in [-0.15, -0.1) is 0 Å². The van der Waals surface area contributed by atoms with Crippen molar-refractivity contribution in [2.75, 3.05) is 13.2 Å². The molecule has 1 N–H and O–H groups in total. The number of carbonyl (C=O) groups is 2. The van der Waals surface area contributed by atoms with Crippen molar-refractivity contribution in [2.45, 2.75) is 39.8 Å². The predicted molar refractivity (Wildman–Crippen MR) is 139 cm³/mol. The summed E-state index contributed by atoms with van der Waals surface area (Å²) in [4.78, 5) is 28.3. The minimum atomic E-state index is -0.669. The first-order valence-electron chi connectivity index (χ1n) is 11.4. The average molecular weight is 523 g/mol. The van der Waals surface area contributed by atoms with E-state index in [1.807, 2.05) is 93.6 Å². The lowest BCUT2D eigenvalue weighted by atomic mass is 10.0. The maximum Gasteiger partial charge on any atom is 0.261 e. The lowest BCUT2D eigenvalue weighted by Gasteiger charge is -2.31. The fourth-order valence-corrected chi connectivity index (χ4v) is 4.16. The van der Waals surface area contributed by atoms with E-state index in [-0.39, 0.29) is 18.4 Å². The summed E-state index contributed by atoms with van der Waals surface area (Å²) in [5, 5.41) is 2.90. The Bertz CT molecular complexity index is 1120. The van der Waals surface area contributed by atoms with Crippen LogP contribution in [0.3, 0.4) is 0 Å². The van der Waals surface area contributed by atoms with Gasteiger partial charge in [0.15, 0.2) is 6.61 Å². The van der Waals surface area contributed by atoms with Crippen LogP contribution in [0.4, 0.5) is 0 Å². The molecule has 3 aromatic rings. The molecule has 0 saturated heterocycles. The van der Waals surface area contributed by atoms with Crippen LogP contribution in [0.2, 0.25) is 0 Å². The molecular weight excluding hydrogens is 492 g/mol. The van der Waals surface area contributed by atoms with Crippen molar-refractivity contribution in [1.29, 1.82) is 0 Å². The molecule has 0 fully saturated rings. The van der Waals surface area contributed by atoms with Crippen molar-refractivity contribution in [3.63, 3.8) is 0 Å². The van der Waals surface area contributed by atoms with Gasteiger partial charge in [-0.3, -0.25) is 9.59 Å². The lowest BCUT2D eigenvalue weighted by Crippen LogP contribution is -2.51. The molecule has 3 rings (SSSR count). The number of hydrogen-bond acceptors (Lipinski definition) is 3. The van der Waals surface area contributed by atoms with Crippen molar-refractivity contribution in [3.05, 3.63) is 99.5 Å². The van der Waals surface area contributed by atoms with Gasteiger partial charge in [-0.25, -0.2) is 0 Å². The maximum absolute atomic E-state index is 13.5. The average Bonchev–Trinajstić information content (AvgIpc) is 2.82. The summed E-state index contributed by atoms with van der Waals surface area (Å²) < 4.78 is 6.77. The number of amides is 2. The van der Waals surface area contributed by atoms with E-state index in [2.05, 4.69) is 21.2 Å². The number of ether oxygens (including phenoxy) is 1. The first-order chi connectivity index (χ1) is 16.4. The molecule has 178 valence electrons. The highest BCUT2D eigenvalue weighted by Gasteiger charge is 2.30. The van der Waals surface area contributed by atoms with Crippen LogP contribution >= 0.6 is 15.9 Å². The molecule has 5 nitrogen and oxygen atoms in total. The van der Waals surface area contributed by atoms with Crippen LogP contribution in [0.15, 0.2) is 77.3 Å². The number of hydrogen-bond donors (Lipinski definition) is 1. The van der Waals surface area contributed by atoms with Crippen LogP contribution < -0.4 is 10.1 Å². The minimum Gasteiger partial charge on any atom is -0.484 e. The number of nitrogens with zero attached hydrogens (tertiary/aromatic N) is 1. The van der Waals surface area contributed by atoms with E-state index in [1.54, 1.807) is 4.90 Å². The van der Waals surface area contributed by atoms with Crippen molar-refractivity contribution in [3.8, 4) is 5.75 Å². The zero-order valence-corrected chi connectivity index (χ0v) is 21.5. The Balaban J connectivity index is 1.89. The Morgan fingerprint density at radius 3 is 2.35 bits per heavy atom. The van der Waals surface area contributed by atoms with Gasteiger partial charge in [0, 0.05) is 24.0 Å². The highest BCUT2D eigenvalue weighted by molar-refractivity contribution is 9.10. The van der Waals surface area contributed by atoms with Crippen molar-refractivity contribution >= 4 is 27.7 Å². The maximum atomic E-state index is 13.5. The van der Waals surface area contributed by atoms with E-state index in [0.717, 1.165) is 26.7 Å². The number of halogens is 1. The Morgan fingerprint density at radius 2 is 1.68 bits per heavy atom. The van der Waals surface area contributed by atoms with Gasteiger partial charge in [-0.1, -0.05) is 64.5 Å². The normalized spacial score (nSPS) is 11.5. The van der Waals surface area contributed by atoms with Crippen LogP contribution in [-0.4, -0.2) is 35.9 Å². The molecule has 0 aliphatic heterocycles. The Labute approximate surface area is 210 Å².